The molecular weight excluding hydrogens is 318 g/mol. The molecule has 0 radical (unpaired) electrons. The second kappa shape index (κ2) is 6.86. The van der Waals surface area contributed by atoms with Gasteiger partial charge in [0.1, 0.15) is 11.5 Å². The number of hydrogen-bond acceptors (Lipinski definition) is 5. The molecule has 1 aromatic heterocycles. The zero-order valence-corrected chi connectivity index (χ0v) is 13.7. The standard InChI is InChI=1S/C15H21N3O4S/c19-9-8-17-4-6-18(7-5-17)15(22)16-13-12(14(20)21)10-2-1-3-11(10)23-13/h19H,1-9H2,(H,16,22)(H,20,21). The van der Waals surface area contributed by atoms with E-state index in [-0.39, 0.29) is 18.2 Å². The molecule has 1 aromatic rings. The summed E-state index contributed by atoms with van der Waals surface area (Å²) in [7, 11) is 0. The van der Waals surface area contributed by atoms with Crippen LogP contribution in [0.3, 0.4) is 0 Å². The molecule has 8 heteroatoms. The van der Waals surface area contributed by atoms with Gasteiger partial charge in [-0.3, -0.25) is 5.32 Å². The molecule has 0 aromatic carbocycles. The molecule has 1 saturated heterocycles. The summed E-state index contributed by atoms with van der Waals surface area (Å²) in [6.45, 7) is 3.64. The van der Waals surface area contributed by atoms with Crippen molar-refractivity contribution in [2.45, 2.75) is 19.3 Å². The van der Waals surface area contributed by atoms with Crippen LogP contribution in [0, 0.1) is 0 Å². The topological polar surface area (TPSA) is 97.1 Å². The van der Waals surface area contributed by atoms with E-state index in [1.807, 2.05) is 0 Å². The number of carbonyl (C=O) groups excluding carboxylic acids is 2. The van der Waals surface area contributed by atoms with Crippen molar-refractivity contribution in [3.63, 3.8) is 0 Å². The number of carboxylic acids is 1. The number of nitrogens with one attached hydrogen (secondary N) is 2. The Morgan fingerprint density at radius 2 is 2.04 bits per heavy atom. The van der Waals surface area contributed by atoms with Gasteiger partial charge < -0.3 is 24.8 Å². The number of rotatable bonds is 4. The highest BCUT2D eigenvalue weighted by atomic mass is 32.1. The molecule has 2 aliphatic rings. The Balaban J connectivity index is 1.66. The van der Waals surface area contributed by atoms with E-state index in [2.05, 4.69) is 5.32 Å². The first-order chi connectivity index (χ1) is 11.1. The molecule has 2 amide bonds. The van der Waals surface area contributed by atoms with Crippen molar-refractivity contribution in [2.75, 3.05) is 44.6 Å². The highest BCUT2D eigenvalue weighted by Crippen LogP contribution is 2.38. The molecule has 0 atom stereocenters. The highest BCUT2D eigenvalue weighted by molar-refractivity contribution is 7.17. The van der Waals surface area contributed by atoms with Gasteiger partial charge in [0.15, 0.2) is 0 Å². The van der Waals surface area contributed by atoms with Gasteiger partial charge >= 0.3 is 6.03 Å². The normalized spacial score (nSPS) is 18.0. The van der Waals surface area contributed by atoms with E-state index in [4.69, 9.17) is 5.11 Å². The zero-order valence-electron chi connectivity index (χ0n) is 12.9. The van der Waals surface area contributed by atoms with Crippen LogP contribution in [-0.4, -0.2) is 61.3 Å². The first kappa shape index (κ1) is 16.2. The fourth-order valence-corrected chi connectivity index (χ4v) is 4.59. The van der Waals surface area contributed by atoms with E-state index in [0.29, 0.717) is 24.6 Å². The number of urea groups is 1. The molecule has 0 unspecified atom stereocenters. The van der Waals surface area contributed by atoms with Gasteiger partial charge in [0, 0.05) is 10.4 Å². The summed E-state index contributed by atoms with van der Waals surface area (Å²) in [5.41, 5.74) is 1.00. The van der Waals surface area contributed by atoms with Crippen molar-refractivity contribution >= 4 is 28.3 Å². The number of fused-ring (bicyclic) bond motifs is 1. The maximum Gasteiger partial charge on any atom is 0.322 e. The molecule has 1 fully saturated rings. The van der Waals surface area contributed by atoms with Crippen LogP contribution in [0.15, 0.2) is 0 Å². The number of carboxylic acid groups (broad SMARTS) is 1. The minimum absolute atomic E-state index is 0.150. The third-order valence-electron chi connectivity index (χ3n) is 4.57. The Bertz CT molecular complexity index is 608. The maximum atomic E-state index is 12.4. The Labute approximate surface area is 138 Å². The van der Waals surface area contributed by atoms with Gasteiger partial charge in [-0.15, -0.1) is 11.3 Å². The highest BCUT2D eigenvalue weighted by Gasteiger charge is 2.27. The van der Waals surface area contributed by atoms with Crippen molar-refractivity contribution in [1.82, 2.24) is 4.90 Å². The first-order valence-corrected chi connectivity index (χ1v) is 8.78. The number of amides is 2. The molecule has 3 N–H and O–H groups in total. The Morgan fingerprint density at radius 3 is 2.70 bits per heavy atom. The number of aliphatic hydroxyl groups is 1. The van der Waals surface area contributed by atoms with Crippen molar-refractivity contribution in [3.8, 4) is 0 Å². The molecule has 7 nitrogen and oxygen atoms in total. The van der Waals surface area contributed by atoms with Crippen molar-refractivity contribution in [2.24, 2.45) is 0 Å². The van der Waals surface area contributed by atoms with Crippen LogP contribution in [0.25, 0.3) is 0 Å². The van der Waals surface area contributed by atoms with Crippen LogP contribution in [0.1, 0.15) is 27.2 Å². The van der Waals surface area contributed by atoms with Gasteiger partial charge in [0.2, 0.25) is 0 Å². The molecule has 0 saturated carbocycles. The van der Waals surface area contributed by atoms with Crippen LogP contribution in [-0.2, 0) is 12.8 Å². The Kier molecular flexibility index (Phi) is 4.84. The number of aliphatic hydroxyl groups excluding tert-OH is 1. The summed E-state index contributed by atoms with van der Waals surface area (Å²) >= 11 is 1.36. The van der Waals surface area contributed by atoms with E-state index < -0.39 is 5.97 Å². The summed E-state index contributed by atoms with van der Waals surface area (Å²) in [6.07, 6.45) is 2.58. The summed E-state index contributed by atoms with van der Waals surface area (Å²) in [4.78, 5) is 27.8. The lowest BCUT2D eigenvalue weighted by Crippen LogP contribution is -3.15. The van der Waals surface area contributed by atoms with Gasteiger partial charge in [0.05, 0.1) is 38.8 Å². The van der Waals surface area contributed by atoms with Crippen LogP contribution in [0.5, 0.6) is 0 Å². The van der Waals surface area contributed by atoms with E-state index in [9.17, 15) is 14.7 Å². The van der Waals surface area contributed by atoms with Crippen molar-refractivity contribution < 1.29 is 24.7 Å². The number of piperazine rings is 1. The fraction of sp³-hybridized carbons (Fsp3) is 0.600. The summed E-state index contributed by atoms with van der Waals surface area (Å²) in [5, 5.41) is 23.5. The average molecular weight is 339 g/mol. The molecule has 126 valence electrons. The van der Waals surface area contributed by atoms with Gasteiger partial charge in [-0.25, -0.2) is 4.79 Å². The molecular formula is C15H21N3O4S. The lowest BCUT2D eigenvalue weighted by Gasteiger charge is -2.31. The van der Waals surface area contributed by atoms with Gasteiger partial charge in [-0.05, 0) is 24.8 Å². The number of aryl methyl sites for hydroxylation is 1. The molecule has 0 bridgehead atoms. The third-order valence-corrected chi connectivity index (χ3v) is 5.78. The third kappa shape index (κ3) is 3.34. The number of anilines is 1. The minimum atomic E-state index is -1.21. The molecule has 1 aliphatic carbocycles. The number of hydrogen-bond donors (Lipinski definition) is 3. The van der Waals surface area contributed by atoms with E-state index in [0.717, 1.165) is 42.8 Å². The molecule has 1 aliphatic heterocycles. The quantitative estimate of drug-likeness (QED) is 0.611. The monoisotopic (exact) mass is 339 g/mol. The van der Waals surface area contributed by atoms with Crippen LogP contribution in [0.4, 0.5) is 9.80 Å². The fourth-order valence-electron chi connectivity index (χ4n) is 3.32. The minimum Gasteiger partial charge on any atom is -0.545 e. The number of thiophene rings is 1. The largest absolute Gasteiger partial charge is 0.545 e. The van der Waals surface area contributed by atoms with E-state index in [1.54, 1.807) is 4.90 Å². The molecule has 2 heterocycles. The number of aromatic carboxylic acids is 1. The van der Waals surface area contributed by atoms with Crippen molar-refractivity contribution in [3.05, 3.63) is 16.0 Å². The smallest absolute Gasteiger partial charge is 0.322 e. The van der Waals surface area contributed by atoms with Crippen molar-refractivity contribution in [1.29, 1.82) is 0 Å². The summed E-state index contributed by atoms with van der Waals surface area (Å²) in [6, 6.07) is -0.254. The van der Waals surface area contributed by atoms with Gasteiger partial charge in [0.25, 0.3) is 0 Å². The van der Waals surface area contributed by atoms with Crippen LogP contribution < -0.4 is 15.3 Å². The number of nitrogens with zero attached hydrogens (tertiary/aromatic N) is 1. The number of quaternary nitrogens is 1. The predicted octanol–water partition coefficient (Wildman–Crippen LogP) is -1.67. The summed E-state index contributed by atoms with van der Waals surface area (Å²) < 4.78 is 0. The van der Waals surface area contributed by atoms with E-state index in [1.165, 1.54) is 16.2 Å². The first-order valence-electron chi connectivity index (χ1n) is 7.96. The van der Waals surface area contributed by atoms with Crippen LogP contribution in [0.2, 0.25) is 0 Å². The summed E-state index contributed by atoms with van der Waals surface area (Å²) in [5.74, 6) is -1.21. The van der Waals surface area contributed by atoms with Crippen LogP contribution >= 0.6 is 11.3 Å². The average Bonchev–Trinajstić information content (AvgIpc) is 3.08. The molecule has 23 heavy (non-hydrogen) atoms. The Morgan fingerprint density at radius 1 is 1.30 bits per heavy atom. The maximum absolute atomic E-state index is 12.4. The molecule has 0 spiro atoms. The lowest BCUT2D eigenvalue weighted by atomic mass is 10.1. The predicted molar refractivity (Wildman–Crippen MR) is 83.9 cm³/mol. The SMILES string of the molecule is O=C([O-])c1c(NC(=O)N2CC[NH+](CCO)CC2)sc2c1CCC2. The van der Waals surface area contributed by atoms with Gasteiger partial charge in [-0.1, -0.05) is 0 Å². The second-order valence-electron chi connectivity index (χ2n) is 5.99. The number of carbonyl (C=O) groups is 2. The zero-order chi connectivity index (χ0) is 16.4. The Hall–Kier alpha value is -1.64. The lowest BCUT2D eigenvalue weighted by molar-refractivity contribution is -0.904. The molecule has 3 rings (SSSR count). The second-order valence-corrected chi connectivity index (χ2v) is 7.09. The van der Waals surface area contributed by atoms with E-state index >= 15 is 0 Å². The van der Waals surface area contributed by atoms with Gasteiger partial charge in [-0.2, -0.15) is 0 Å².